The molecule has 1 atom stereocenters. The van der Waals surface area contributed by atoms with Crippen LogP contribution in [-0.4, -0.2) is 27.4 Å². The van der Waals surface area contributed by atoms with Crippen molar-refractivity contribution in [2.75, 3.05) is 0 Å². The first-order chi connectivity index (χ1) is 5.95. The topological polar surface area (TPSA) is 124 Å². The van der Waals surface area contributed by atoms with Crippen LogP contribution < -0.4 is 0 Å². The van der Waals surface area contributed by atoms with Crippen molar-refractivity contribution in [2.45, 2.75) is 19.8 Å². The lowest BCUT2D eigenvalue weighted by Crippen LogP contribution is -2.11. The highest BCUT2D eigenvalue weighted by Crippen LogP contribution is 2.04. The third-order valence-electron chi connectivity index (χ3n) is 1.21. The molecule has 0 aromatic carbocycles. The van der Waals surface area contributed by atoms with Crippen LogP contribution >= 0.6 is 0 Å². The quantitative estimate of drug-likeness (QED) is 0.446. The fourth-order valence-electron chi connectivity index (χ4n) is 0.463. The fourth-order valence-corrected chi connectivity index (χ4v) is 0.463. The normalized spacial score (nSPS) is 10.5. The summed E-state index contributed by atoms with van der Waals surface area (Å²) in [7, 11) is 0. The zero-order valence-corrected chi connectivity index (χ0v) is 7.01. The molecule has 0 fully saturated rings. The van der Waals surface area contributed by atoms with Gasteiger partial charge in [0.15, 0.2) is 5.34 Å². The Morgan fingerprint density at radius 1 is 1.38 bits per heavy atom. The van der Waals surface area contributed by atoms with E-state index in [0.717, 1.165) is 0 Å². The summed E-state index contributed by atoms with van der Waals surface area (Å²) in [6, 6.07) is 0. The molecule has 0 amide bonds. The maximum absolute atomic E-state index is 10.1. The average molecular weight is 193 g/mol. The van der Waals surface area contributed by atoms with Crippen molar-refractivity contribution >= 4 is 11.9 Å². The van der Waals surface area contributed by atoms with Crippen molar-refractivity contribution in [1.29, 1.82) is 0 Å². The van der Waals surface area contributed by atoms with Crippen LogP contribution in [0.2, 0.25) is 0 Å². The summed E-state index contributed by atoms with van der Waals surface area (Å²) in [6.45, 7) is 1.49. The molecule has 0 aliphatic rings. The number of carbonyl (C=O) groups is 2. The monoisotopic (exact) mass is 193 g/mol. The van der Waals surface area contributed by atoms with Crippen molar-refractivity contribution < 1.29 is 25.0 Å². The predicted molar refractivity (Wildman–Crippen MR) is 41.3 cm³/mol. The Bertz CT molecular complexity index is 180. The molecule has 7 heteroatoms. The van der Waals surface area contributed by atoms with Gasteiger partial charge < -0.3 is 15.4 Å². The molecule has 0 spiro atoms. The minimum Gasteiger partial charge on any atom is -0.481 e. The van der Waals surface area contributed by atoms with Gasteiger partial charge in [-0.15, -0.1) is 4.91 Å². The van der Waals surface area contributed by atoms with E-state index in [1.807, 2.05) is 0 Å². The summed E-state index contributed by atoms with van der Waals surface area (Å²) in [4.78, 5) is 28.2. The lowest BCUT2D eigenvalue weighted by Gasteiger charge is -2.01. The van der Waals surface area contributed by atoms with Crippen LogP contribution in [-0.2, 0) is 9.59 Å². The number of hydrogen-bond donors (Lipinski definition) is 3. The maximum atomic E-state index is 10.1. The van der Waals surface area contributed by atoms with Crippen LogP contribution in [0.25, 0.3) is 0 Å². The van der Waals surface area contributed by atoms with Gasteiger partial charge in [-0.2, -0.15) is 0 Å². The number of hydrogen-bond acceptors (Lipinski definition) is 4. The molecule has 7 nitrogen and oxygen atoms in total. The van der Waals surface area contributed by atoms with Gasteiger partial charge in [0.1, 0.15) is 0 Å². The Morgan fingerprint density at radius 2 is 1.77 bits per heavy atom. The van der Waals surface area contributed by atoms with Crippen LogP contribution in [0.3, 0.4) is 0 Å². The summed E-state index contributed by atoms with van der Waals surface area (Å²) in [5.41, 5.74) is 0. The highest BCUT2D eigenvalue weighted by Gasteiger charge is 2.11. The largest absolute Gasteiger partial charge is 0.481 e. The lowest BCUT2D eigenvalue weighted by molar-refractivity contribution is -0.142. The average Bonchev–Trinajstić information content (AvgIpc) is 2.01. The van der Waals surface area contributed by atoms with Gasteiger partial charge in [0.25, 0.3) is 0 Å². The SMILES string of the molecule is CC(CCC(=O)O)C(=O)O.O=NO. The first kappa shape index (κ1) is 13.9. The first-order valence-corrected chi connectivity index (χ1v) is 3.37. The van der Waals surface area contributed by atoms with Crippen molar-refractivity contribution in [3.63, 3.8) is 0 Å². The van der Waals surface area contributed by atoms with Gasteiger partial charge >= 0.3 is 11.9 Å². The number of nitrogens with zero attached hydrogens (tertiary/aromatic N) is 1. The van der Waals surface area contributed by atoms with E-state index in [0.29, 0.717) is 0 Å². The molecule has 0 aromatic heterocycles. The molecule has 3 N–H and O–H groups in total. The molecule has 0 aliphatic heterocycles. The highest BCUT2D eigenvalue weighted by molar-refractivity contribution is 5.71. The van der Waals surface area contributed by atoms with E-state index in [1.165, 1.54) is 12.3 Å². The third-order valence-corrected chi connectivity index (χ3v) is 1.21. The second-order valence-electron chi connectivity index (χ2n) is 2.25. The molecule has 0 saturated heterocycles. The van der Waals surface area contributed by atoms with Gasteiger partial charge in [0.2, 0.25) is 0 Å². The van der Waals surface area contributed by atoms with Crippen molar-refractivity contribution in [1.82, 2.24) is 0 Å². The molecule has 0 bridgehead atoms. The van der Waals surface area contributed by atoms with Crippen LogP contribution in [0.5, 0.6) is 0 Å². The van der Waals surface area contributed by atoms with E-state index in [2.05, 4.69) is 0 Å². The van der Waals surface area contributed by atoms with Crippen LogP contribution in [0.1, 0.15) is 19.8 Å². The second kappa shape index (κ2) is 8.44. The standard InChI is InChI=1S/C6H10O4.HNO2/c1-4(6(9)10)2-3-5(7)8;2-1-3/h4H,2-3H2,1H3,(H,7,8)(H,9,10);(H,2,3). The Labute approximate surface area is 73.9 Å². The molecule has 0 heterocycles. The minimum absolute atomic E-state index is 0.0759. The lowest BCUT2D eigenvalue weighted by atomic mass is 10.1. The summed E-state index contributed by atoms with van der Waals surface area (Å²) >= 11 is 0. The van der Waals surface area contributed by atoms with E-state index in [-0.39, 0.29) is 12.8 Å². The fraction of sp³-hybridized carbons (Fsp3) is 0.667. The summed E-state index contributed by atoms with van der Waals surface area (Å²) < 4.78 is 0. The summed E-state index contributed by atoms with van der Waals surface area (Å²) in [5, 5.41) is 24.3. The van der Waals surface area contributed by atoms with Gasteiger partial charge in [-0.25, -0.2) is 0 Å². The Balaban J connectivity index is 0. The van der Waals surface area contributed by atoms with Gasteiger partial charge in [0.05, 0.1) is 5.92 Å². The van der Waals surface area contributed by atoms with E-state index >= 15 is 0 Å². The van der Waals surface area contributed by atoms with Crippen LogP contribution in [0.15, 0.2) is 5.34 Å². The molecular formula is C6H11NO6. The van der Waals surface area contributed by atoms with E-state index < -0.39 is 17.9 Å². The number of aliphatic carboxylic acids is 2. The van der Waals surface area contributed by atoms with Gasteiger partial charge in [-0.1, -0.05) is 6.92 Å². The molecule has 1 unspecified atom stereocenters. The number of rotatable bonds is 4. The minimum atomic E-state index is -0.951. The van der Waals surface area contributed by atoms with E-state index in [9.17, 15) is 9.59 Å². The van der Waals surface area contributed by atoms with Crippen molar-refractivity contribution in [3.05, 3.63) is 4.91 Å². The molecule has 0 saturated carbocycles. The van der Waals surface area contributed by atoms with Gasteiger partial charge in [-0.05, 0) is 6.42 Å². The Morgan fingerprint density at radius 3 is 2.00 bits per heavy atom. The van der Waals surface area contributed by atoms with E-state index in [1.54, 1.807) is 0 Å². The Hall–Kier alpha value is -1.66. The number of carboxylic acids is 2. The molecule has 0 aliphatic carbocycles. The molecular weight excluding hydrogens is 182 g/mol. The second-order valence-corrected chi connectivity index (χ2v) is 2.25. The van der Waals surface area contributed by atoms with Gasteiger partial charge in [0, 0.05) is 6.42 Å². The molecule has 13 heavy (non-hydrogen) atoms. The maximum Gasteiger partial charge on any atom is 0.306 e. The predicted octanol–water partition coefficient (Wildman–Crippen LogP) is 0.714. The summed E-state index contributed by atoms with van der Waals surface area (Å²) in [5.74, 6) is -2.45. The molecule has 76 valence electrons. The van der Waals surface area contributed by atoms with E-state index in [4.69, 9.17) is 20.3 Å². The summed E-state index contributed by atoms with van der Waals surface area (Å²) in [6.07, 6.45) is 0.123. The van der Waals surface area contributed by atoms with Crippen LogP contribution in [0, 0.1) is 10.8 Å². The smallest absolute Gasteiger partial charge is 0.306 e. The molecule has 0 rings (SSSR count). The Kier molecular flexibility index (Phi) is 9.02. The van der Waals surface area contributed by atoms with Crippen molar-refractivity contribution in [3.8, 4) is 0 Å². The zero-order valence-electron chi connectivity index (χ0n) is 7.01. The highest BCUT2D eigenvalue weighted by atomic mass is 16.6. The molecule has 0 aromatic rings. The zero-order chi connectivity index (χ0) is 10.9. The van der Waals surface area contributed by atoms with Crippen LogP contribution in [0.4, 0.5) is 0 Å². The molecule has 0 radical (unpaired) electrons. The first-order valence-electron chi connectivity index (χ1n) is 3.37. The van der Waals surface area contributed by atoms with Gasteiger partial charge in [-0.3, -0.25) is 9.59 Å². The van der Waals surface area contributed by atoms with Crippen molar-refractivity contribution in [2.24, 2.45) is 11.3 Å². The third kappa shape index (κ3) is 13.3. The number of carboxylic acid groups (broad SMARTS) is 2.